The van der Waals surface area contributed by atoms with Crippen LogP contribution < -0.4 is 4.90 Å². The average molecular weight is 280 g/mol. The van der Waals surface area contributed by atoms with Crippen molar-refractivity contribution >= 4 is 11.9 Å². The molecule has 2 aromatic carbocycles. The molecule has 110 valence electrons. The number of aliphatic imine (C=N–C) groups is 1. The third kappa shape index (κ3) is 4.19. The highest BCUT2D eigenvalue weighted by atomic mass is 15.1. The summed E-state index contributed by atoms with van der Waals surface area (Å²) < 4.78 is 0. The molecule has 0 amide bonds. The first-order chi connectivity index (χ1) is 10.2. The number of hydrogen-bond donors (Lipinski definition) is 0. The van der Waals surface area contributed by atoms with Gasteiger partial charge < -0.3 is 4.90 Å². The van der Waals surface area contributed by atoms with Crippen molar-refractivity contribution in [1.82, 2.24) is 0 Å². The Balaban J connectivity index is 2.04. The summed E-state index contributed by atoms with van der Waals surface area (Å²) in [4.78, 5) is 6.98. The van der Waals surface area contributed by atoms with E-state index >= 15 is 0 Å². The Hall–Kier alpha value is -2.09. The molecule has 2 rings (SSSR count). The van der Waals surface area contributed by atoms with Crippen molar-refractivity contribution in [2.24, 2.45) is 4.99 Å². The van der Waals surface area contributed by atoms with Crippen LogP contribution in [0.1, 0.15) is 37.9 Å². The van der Waals surface area contributed by atoms with E-state index in [1.54, 1.807) is 0 Å². The molecule has 0 aliphatic heterocycles. The summed E-state index contributed by atoms with van der Waals surface area (Å²) >= 11 is 0. The Kier molecular flexibility index (Phi) is 5.56. The van der Waals surface area contributed by atoms with E-state index in [0.717, 1.165) is 18.7 Å². The fourth-order valence-corrected chi connectivity index (χ4v) is 2.38. The highest BCUT2D eigenvalue weighted by Gasteiger charge is 2.02. The van der Waals surface area contributed by atoms with Crippen molar-refractivity contribution < 1.29 is 0 Å². The molecular formula is C19H24N2. The van der Waals surface area contributed by atoms with Crippen LogP contribution >= 0.6 is 0 Å². The van der Waals surface area contributed by atoms with Crippen LogP contribution in [0.25, 0.3) is 0 Å². The normalized spacial score (nSPS) is 12.5. The van der Waals surface area contributed by atoms with Crippen LogP contribution in [0, 0.1) is 0 Å². The second kappa shape index (κ2) is 7.63. The second-order valence-corrected chi connectivity index (χ2v) is 5.13. The zero-order chi connectivity index (χ0) is 15.1. The summed E-state index contributed by atoms with van der Waals surface area (Å²) in [5.41, 5.74) is 3.66. The van der Waals surface area contributed by atoms with E-state index in [0.29, 0.717) is 0 Å². The molecule has 0 saturated carbocycles. The number of anilines is 1. The third-order valence-electron chi connectivity index (χ3n) is 3.75. The van der Waals surface area contributed by atoms with Gasteiger partial charge in [0.1, 0.15) is 0 Å². The van der Waals surface area contributed by atoms with Crippen molar-refractivity contribution in [2.45, 2.75) is 26.8 Å². The van der Waals surface area contributed by atoms with Crippen LogP contribution in [-0.4, -0.2) is 19.3 Å². The van der Waals surface area contributed by atoms with Gasteiger partial charge in [-0.3, -0.25) is 4.99 Å². The van der Waals surface area contributed by atoms with Gasteiger partial charge in [0.05, 0.1) is 6.04 Å². The number of benzene rings is 2. The Morgan fingerprint density at radius 3 is 2.14 bits per heavy atom. The molecule has 2 aromatic rings. The van der Waals surface area contributed by atoms with Gasteiger partial charge in [0.15, 0.2) is 0 Å². The first-order valence-corrected chi connectivity index (χ1v) is 7.67. The number of hydrogen-bond acceptors (Lipinski definition) is 2. The third-order valence-corrected chi connectivity index (χ3v) is 3.75. The zero-order valence-corrected chi connectivity index (χ0v) is 13.2. The highest BCUT2D eigenvalue weighted by molar-refractivity contribution is 5.80. The maximum absolute atomic E-state index is 4.64. The largest absolute Gasteiger partial charge is 0.372 e. The minimum Gasteiger partial charge on any atom is -0.372 e. The van der Waals surface area contributed by atoms with Crippen LogP contribution in [0.5, 0.6) is 0 Å². The molecule has 1 atom stereocenters. The van der Waals surface area contributed by atoms with E-state index in [9.17, 15) is 0 Å². The van der Waals surface area contributed by atoms with E-state index in [1.807, 2.05) is 12.3 Å². The molecule has 0 radical (unpaired) electrons. The minimum absolute atomic E-state index is 0.189. The maximum atomic E-state index is 4.64. The lowest BCUT2D eigenvalue weighted by Gasteiger charge is -2.20. The summed E-state index contributed by atoms with van der Waals surface area (Å²) in [6, 6.07) is 19.2. The first-order valence-electron chi connectivity index (χ1n) is 7.67. The maximum Gasteiger partial charge on any atom is 0.0721 e. The van der Waals surface area contributed by atoms with Crippen LogP contribution in [0.2, 0.25) is 0 Å². The van der Waals surface area contributed by atoms with Gasteiger partial charge in [-0.05, 0) is 44.0 Å². The van der Waals surface area contributed by atoms with E-state index in [1.165, 1.54) is 11.3 Å². The molecule has 0 saturated heterocycles. The van der Waals surface area contributed by atoms with Gasteiger partial charge in [-0.1, -0.05) is 42.5 Å². The van der Waals surface area contributed by atoms with Gasteiger partial charge in [-0.2, -0.15) is 0 Å². The van der Waals surface area contributed by atoms with Crippen LogP contribution in [-0.2, 0) is 0 Å². The molecule has 0 fully saturated rings. The Morgan fingerprint density at radius 1 is 0.952 bits per heavy atom. The first kappa shape index (κ1) is 15.3. The van der Waals surface area contributed by atoms with Crippen molar-refractivity contribution in [3.8, 4) is 0 Å². The molecule has 2 heteroatoms. The minimum atomic E-state index is 0.189. The van der Waals surface area contributed by atoms with Crippen molar-refractivity contribution in [1.29, 1.82) is 0 Å². The van der Waals surface area contributed by atoms with Gasteiger partial charge in [-0.15, -0.1) is 0 Å². The van der Waals surface area contributed by atoms with Crippen LogP contribution in [0.4, 0.5) is 5.69 Å². The summed E-state index contributed by atoms with van der Waals surface area (Å²) in [7, 11) is 0. The quantitative estimate of drug-likeness (QED) is 0.699. The van der Waals surface area contributed by atoms with Crippen molar-refractivity contribution in [3.05, 3.63) is 65.7 Å². The SMILES string of the molecule is CCN(CC)c1ccc(/C=N/[C@@H](C)c2ccccc2)cc1. The zero-order valence-electron chi connectivity index (χ0n) is 13.2. The standard InChI is InChI=1S/C19H24N2/c1-4-21(5-2)19-13-11-17(12-14-19)15-20-16(3)18-9-7-6-8-10-18/h6-16H,4-5H2,1-3H3/b20-15+/t16-/m0/s1. The predicted octanol–water partition coefficient (Wildman–Crippen LogP) is 4.71. The van der Waals surface area contributed by atoms with Gasteiger partial charge >= 0.3 is 0 Å². The number of rotatable bonds is 6. The summed E-state index contributed by atoms with van der Waals surface area (Å²) in [6.45, 7) is 8.56. The fourth-order valence-electron chi connectivity index (χ4n) is 2.38. The molecule has 0 spiro atoms. The Morgan fingerprint density at radius 2 is 1.57 bits per heavy atom. The lowest BCUT2D eigenvalue weighted by molar-refractivity contribution is 0.825. The van der Waals surface area contributed by atoms with Gasteiger partial charge in [-0.25, -0.2) is 0 Å². The Bertz CT molecular complexity index is 554. The highest BCUT2D eigenvalue weighted by Crippen LogP contribution is 2.17. The second-order valence-electron chi connectivity index (χ2n) is 5.13. The van der Waals surface area contributed by atoms with Gasteiger partial charge in [0.25, 0.3) is 0 Å². The number of nitrogens with zero attached hydrogens (tertiary/aromatic N) is 2. The molecule has 21 heavy (non-hydrogen) atoms. The molecule has 0 heterocycles. The summed E-state index contributed by atoms with van der Waals surface area (Å²) in [6.07, 6.45) is 1.96. The molecule has 0 bridgehead atoms. The van der Waals surface area contributed by atoms with Gasteiger partial charge in [0.2, 0.25) is 0 Å². The average Bonchev–Trinajstić information content (AvgIpc) is 2.55. The molecular weight excluding hydrogens is 256 g/mol. The molecule has 0 unspecified atom stereocenters. The van der Waals surface area contributed by atoms with E-state index in [2.05, 4.69) is 79.2 Å². The van der Waals surface area contributed by atoms with Gasteiger partial charge in [0, 0.05) is 25.0 Å². The monoisotopic (exact) mass is 280 g/mol. The van der Waals surface area contributed by atoms with E-state index < -0.39 is 0 Å². The summed E-state index contributed by atoms with van der Waals surface area (Å²) in [5.74, 6) is 0. The molecule has 0 aliphatic carbocycles. The lowest BCUT2D eigenvalue weighted by atomic mass is 10.1. The van der Waals surface area contributed by atoms with E-state index in [-0.39, 0.29) is 6.04 Å². The van der Waals surface area contributed by atoms with E-state index in [4.69, 9.17) is 0 Å². The van der Waals surface area contributed by atoms with Crippen LogP contribution in [0.3, 0.4) is 0 Å². The molecule has 0 aromatic heterocycles. The smallest absolute Gasteiger partial charge is 0.0721 e. The molecule has 0 aliphatic rings. The predicted molar refractivity (Wildman–Crippen MR) is 92.5 cm³/mol. The molecule has 2 nitrogen and oxygen atoms in total. The topological polar surface area (TPSA) is 15.6 Å². The summed E-state index contributed by atoms with van der Waals surface area (Å²) in [5, 5.41) is 0. The molecule has 0 N–H and O–H groups in total. The lowest BCUT2D eigenvalue weighted by Crippen LogP contribution is -2.21. The van der Waals surface area contributed by atoms with Crippen molar-refractivity contribution in [2.75, 3.05) is 18.0 Å². The Labute approximate surface area is 128 Å². The van der Waals surface area contributed by atoms with Crippen molar-refractivity contribution in [3.63, 3.8) is 0 Å². The van der Waals surface area contributed by atoms with Crippen LogP contribution in [0.15, 0.2) is 59.6 Å². The fraction of sp³-hybridized carbons (Fsp3) is 0.316.